The highest BCUT2D eigenvalue weighted by molar-refractivity contribution is 5.87. The van der Waals surface area contributed by atoms with Gasteiger partial charge in [-0.2, -0.15) is 4.80 Å². The van der Waals surface area contributed by atoms with Crippen LogP contribution in [-0.2, 0) is 13.0 Å². The van der Waals surface area contributed by atoms with Crippen LogP contribution in [0.3, 0.4) is 0 Å². The van der Waals surface area contributed by atoms with Gasteiger partial charge in [0.2, 0.25) is 0 Å². The van der Waals surface area contributed by atoms with Crippen molar-refractivity contribution in [3.63, 3.8) is 0 Å². The molecule has 94 valence electrons. The lowest BCUT2D eigenvalue weighted by atomic mass is 10.1. The van der Waals surface area contributed by atoms with Crippen LogP contribution >= 0.6 is 0 Å². The van der Waals surface area contributed by atoms with Gasteiger partial charge in [-0.3, -0.25) is 0 Å². The third kappa shape index (κ3) is 2.91. The third-order valence-corrected chi connectivity index (χ3v) is 2.49. The summed E-state index contributed by atoms with van der Waals surface area (Å²) in [5.41, 5.74) is 1.22. The van der Waals surface area contributed by atoms with Gasteiger partial charge in [0.15, 0.2) is 5.82 Å². The van der Waals surface area contributed by atoms with Crippen molar-refractivity contribution < 1.29 is 9.90 Å². The molecule has 0 bridgehead atoms. The van der Waals surface area contributed by atoms with Gasteiger partial charge in [0.25, 0.3) is 0 Å². The van der Waals surface area contributed by atoms with Gasteiger partial charge < -0.3 is 5.11 Å². The molecule has 18 heavy (non-hydrogen) atoms. The molecule has 0 amide bonds. The zero-order valence-corrected chi connectivity index (χ0v) is 10.1. The topological polar surface area (TPSA) is 80.9 Å². The van der Waals surface area contributed by atoms with E-state index in [0.29, 0.717) is 6.54 Å². The Morgan fingerprint density at radius 2 is 2.06 bits per heavy atom. The van der Waals surface area contributed by atoms with Crippen molar-refractivity contribution in [2.45, 2.75) is 26.3 Å². The van der Waals surface area contributed by atoms with Crippen molar-refractivity contribution in [1.29, 1.82) is 0 Å². The van der Waals surface area contributed by atoms with Gasteiger partial charge >= 0.3 is 5.97 Å². The number of rotatable bonds is 5. The maximum absolute atomic E-state index is 10.7. The highest BCUT2D eigenvalue weighted by atomic mass is 16.4. The Hall–Kier alpha value is -2.24. The molecule has 0 radical (unpaired) electrons. The Labute approximate surface area is 104 Å². The summed E-state index contributed by atoms with van der Waals surface area (Å²) in [7, 11) is 0. The summed E-state index contributed by atoms with van der Waals surface area (Å²) < 4.78 is 0. The van der Waals surface area contributed by atoms with Crippen molar-refractivity contribution in [2.24, 2.45) is 0 Å². The van der Waals surface area contributed by atoms with E-state index in [4.69, 9.17) is 5.11 Å². The number of carboxylic acids is 1. The number of aromatic nitrogens is 4. The highest BCUT2D eigenvalue weighted by Crippen LogP contribution is 2.05. The molecular formula is C12H14N4O2. The zero-order valence-electron chi connectivity index (χ0n) is 10.1. The van der Waals surface area contributed by atoms with Crippen LogP contribution in [-0.4, -0.2) is 31.3 Å². The molecule has 2 aromatic rings. The van der Waals surface area contributed by atoms with Gasteiger partial charge in [-0.15, -0.1) is 10.2 Å². The quantitative estimate of drug-likeness (QED) is 0.861. The SMILES string of the molecule is CCCc1nnn(Cc2ccc(C(=O)O)cc2)n1. The lowest BCUT2D eigenvalue weighted by Gasteiger charge is -2.00. The molecule has 0 saturated carbocycles. The fourth-order valence-corrected chi connectivity index (χ4v) is 1.58. The van der Waals surface area contributed by atoms with Crippen LogP contribution in [0.25, 0.3) is 0 Å². The van der Waals surface area contributed by atoms with E-state index in [-0.39, 0.29) is 5.56 Å². The molecule has 0 unspecified atom stereocenters. The van der Waals surface area contributed by atoms with Crippen LogP contribution in [0.5, 0.6) is 0 Å². The Kier molecular flexibility index (Phi) is 3.66. The molecule has 0 aliphatic heterocycles. The molecule has 0 spiro atoms. The van der Waals surface area contributed by atoms with E-state index in [2.05, 4.69) is 22.3 Å². The lowest BCUT2D eigenvalue weighted by molar-refractivity contribution is 0.0697. The van der Waals surface area contributed by atoms with Gasteiger partial charge in [-0.25, -0.2) is 4.79 Å². The molecule has 0 aliphatic carbocycles. The summed E-state index contributed by atoms with van der Waals surface area (Å²) in [6, 6.07) is 6.65. The first-order chi connectivity index (χ1) is 8.69. The number of benzene rings is 1. The first kappa shape index (κ1) is 12.2. The highest BCUT2D eigenvalue weighted by Gasteiger charge is 2.04. The van der Waals surface area contributed by atoms with Crippen LogP contribution in [0.15, 0.2) is 24.3 Å². The monoisotopic (exact) mass is 246 g/mol. The minimum absolute atomic E-state index is 0.275. The Balaban J connectivity index is 2.06. The van der Waals surface area contributed by atoms with E-state index in [0.717, 1.165) is 24.2 Å². The number of aryl methyl sites for hydroxylation is 1. The number of tetrazole rings is 1. The largest absolute Gasteiger partial charge is 0.478 e. The van der Waals surface area contributed by atoms with Crippen molar-refractivity contribution in [3.05, 3.63) is 41.2 Å². The molecule has 0 saturated heterocycles. The predicted molar refractivity (Wildman–Crippen MR) is 64.3 cm³/mol. The second-order valence-corrected chi connectivity index (χ2v) is 3.99. The Morgan fingerprint density at radius 1 is 1.33 bits per heavy atom. The van der Waals surface area contributed by atoms with Crippen molar-refractivity contribution >= 4 is 5.97 Å². The fourth-order valence-electron chi connectivity index (χ4n) is 1.58. The lowest BCUT2D eigenvalue weighted by Crippen LogP contribution is -2.05. The van der Waals surface area contributed by atoms with Crippen LogP contribution < -0.4 is 0 Å². The molecule has 1 heterocycles. The maximum atomic E-state index is 10.7. The van der Waals surface area contributed by atoms with Crippen LogP contribution in [0.2, 0.25) is 0 Å². The minimum atomic E-state index is -0.925. The van der Waals surface area contributed by atoms with Gasteiger partial charge in [-0.1, -0.05) is 19.1 Å². The number of carbonyl (C=O) groups is 1. The van der Waals surface area contributed by atoms with Gasteiger partial charge in [0, 0.05) is 6.42 Å². The zero-order chi connectivity index (χ0) is 13.0. The predicted octanol–water partition coefficient (Wildman–Crippen LogP) is 1.37. The second-order valence-electron chi connectivity index (χ2n) is 3.99. The summed E-state index contributed by atoms with van der Waals surface area (Å²) in [4.78, 5) is 12.2. The van der Waals surface area contributed by atoms with Crippen molar-refractivity contribution in [2.75, 3.05) is 0 Å². The van der Waals surface area contributed by atoms with E-state index in [9.17, 15) is 4.79 Å². The Bertz CT molecular complexity index is 533. The summed E-state index contributed by atoms with van der Waals surface area (Å²) in [5, 5.41) is 20.9. The van der Waals surface area contributed by atoms with Crippen molar-refractivity contribution in [3.8, 4) is 0 Å². The molecule has 0 atom stereocenters. The average Bonchev–Trinajstić information content (AvgIpc) is 2.78. The number of aromatic carboxylic acids is 1. The number of carboxylic acid groups (broad SMARTS) is 1. The van der Waals surface area contributed by atoms with Crippen LogP contribution in [0, 0.1) is 0 Å². The molecule has 1 N–H and O–H groups in total. The van der Waals surface area contributed by atoms with E-state index in [1.165, 1.54) is 4.80 Å². The number of hydrogen-bond acceptors (Lipinski definition) is 4. The fraction of sp³-hybridized carbons (Fsp3) is 0.333. The number of hydrogen-bond donors (Lipinski definition) is 1. The Morgan fingerprint density at radius 3 is 2.67 bits per heavy atom. The molecular weight excluding hydrogens is 232 g/mol. The van der Waals surface area contributed by atoms with E-state index in [1.54, 1.807) is 24.3 Å². The number of nitrogens with zero attached hydrogens (tertiary/aromatic N) is 4. The summed E-state index contributed by atoms with van der Waals surface area (Å²) in [6.07, 6.45) is 1.80. The van der Waals surface area contributed by atoms with Gasteiger partial charge in [-0.05, 0) is 29.3 Å². The minimum Gasteiger partial charge on any atom is -0.478 e. The average molecular weight is 246 g/mol. The molecule has 0 aliphatic rings. The van der Waals surface area contributed by atoms with Crippen molar-refractivity contribution in [1.82, 2.24) is 20.2 Å². The van der Waals surface area contributed by atoms with Gasteiger partial charge in [0.1, 0.15) is 0 Å². The molecule has 2 rings (SSSR count). The second kappa shape index (κ2) is 5.39. The summed E-state index contributed by atoms with van der Waals surface area (Å²) in [6.45, 7) is 2.56. The standard InChI is InChI=1S/C12H14N4O2/c1-2-3-11-13-15-16(14-11)8-9-4-6-10(7-5-9)12(17)18/h4-7H,2-3,8H2,1H3,(H,17,18). The van der Waals surface area contributed by atoms with E-state index < -0.39 is 5.97 Å². The van der Waals surface area contributed by atoms with E-state index >= 15 is 0 Å². The molecule has 0 fully saturated rings. The summed E-state index contributed by atoms with van der Waals surface area (Å²) >= 11 is 0. The van der Waals surface area contributed by atoms with Crippen LogP contribution in [0.1, 0.15) is 35.1 Å². The van der Waals surface area contributed by atoms with Crippen LogP contribution in [0.4, 0.5) is 0 Å². The van der Waals surface area contributed by atoms with Gasteiger partial charge in [0.05, 0.1) is 12.1 Å². The van der Waals surface area contributed by atoms with E-state index in [1.807, 2.05) is 0 Å². The smallest absolute Gasteiger partial charge is 0.335 e. The first-order valence-electron chi connectivity index (χ1n) is 5.78. The molecule has 1 aromatic carbocycles. The molecule has 6 nitrogen and oxygen atoms in total. The normalized spacial score (nSPS) is 10.5. The third-order valence-electron chi connectivity index (χ3n) is 2.49. The maximum Gasteiger partial charge on any atom is 0.335 e. The summed E-state index contributed by atoms with van der Waals surface area (Å²) in [5.74, 6) is -0.190. The molecule has 1 aromatic heterocycles. The first-order valence-corrected chi connectivity index (χ1v) is 5.78. The molecule has 6 heteroatoms.